The Kier molecular flexibility index (Phi) is 6.48. The molecular formula is C13H23NO2S. The molecule has 1 aliphatic heterocycles. The molecule has 0 aliphatic carbocycles. The molecule has 0 aromatic rings. The van der Waals surface area contributed by atoms with Crippen molar-refractivity contribution in [2.45, 2.75) is 33.1 Å². The molecule has 1 amide bonds. The minimum Gasteiger partial charge on any atom is -0.415 e. The van der Waals surface area contributed by atoms with E-state index >= 15 is 0 Å². The molecular weight excluding hydrogens is 234 g/mol. The van der Waals surface area contributed by atoms with Gasteiger partial charge in [-0.15, -0.1) is 0 Å². The molecule has 0 atom stereocenters. The molecule has 1 aliphatic rings. The number of ether oxygens (including phenoxy) is 1. The van der Waals surface area contributed by atoms with Crippen molar-refractivity contribution in [3.63, 3.8) is 0 Å². The standard InChI is InChI=1S/C13H23NO2S/c1-4-11(2)16-13(15)14-8-5-12(6-9-14)7-10-17-3/h4,12H,5-10H2,1-3H3/b11-4+. The summed E-state index contributed by atoms with van der Waals surface area (Å²) in [6.07, 6.45) is 7.27. The maximum atomic E-state index is 11.7. The normalized spacial score (nSPS) is 18.3. The molecule has 1 saturated heterocycles. The Morgan fingerprint density at radius 3 is 2.65 bits per heavy atom. The molecule has 17 heavy (non-hydrogen) atoms. The summed E-state index contributed by atoms with van der Waals surface area (Å²) in [5.74, 6) is 2.70. The number of nitrogens with zero attached hydrogens (tertiary/aromatic N) is 1. The van der Waals surface area contributed by atoms with Crippen LogP contribution in [0.5, 0.6) is 0 Å². The van der Waals surface area contributed by atoms with Crippen LogP contribution in [-0.2, 0) is 4.74 Å². The number of likely N-dealkylation sites (tertiary alicyclic amines) is 1. The van der Waals surface area contributed by atoms with Gasteiger partial charge in [0.2, 0.25) is 0 Å². The number of hydrogen-bond acceptors (Lipinski definition) is 3. The first-order chi connectivity index (χ1) is 8.17. The molecule has 0 aromatic carbocycles. The van der Waals surface area contributed by atoms with Gasteiger partial charge in [-0.2, -0.15) is 11.8 Å². The minimum absolute atomic E-state index is 0.191. The zero-order valence-electron chi connectivity index (χ0n) is 11.1. The van der Waals surface area contributed by atoms with Gasteiger partial charge in [-0.05, 0) is 57.1 Å². The Morgan fingerprint density at radius 1 is 1.47 bits per heavy atom. The van der Waals surface area contributed by atoms with Crippen molar-refractivity contribution in [1.29, 1.82) is 0 Å². The second kappa shape index (κ2) is 7.64. The first kappa shape index (κ1) is 14.4. The Bertz CT molecular complexity index is 271. The zero-order valence-corrected chi connectivity index (χ0v) is 11.9. The highest BCUT2D eigenvalue weighted by Crippen LogP contribution is 2.22. The van der Waals surface area contributed by atoms with Crippen LogP contribution in [-0.4, -0.2) is 36.1 Å². The van der Waals surface area contributed by atoms with E-state index in [1.54, 1.807) is 0 Å². The monoisotopic (exact) mass is 257 g/mol. The number of rotatable bonds is 4. The molecule has 98 valence electrons. The van der Waals surface area contributed by atoms with Crippen LogP contribution in [0.2, 0.25) is 0 Å². The molecule has 1 fully saturated rings. The Balaban J connectivity index is 2.29. The van der Waals surface area contributed by atoms with E-state index in [0.29, 0.717) is 5.76 Å². The lowest BCUT2D eigenvalue weighted by Crippen LogP contribution is -2.38. The molecule has 0 aromatic heterocycles. The number of amides is 1. The second-order valence-electron chi connectivity index (χ2n) is 4.48. The van der Waals surface area contributed by atoms with Crippen LogP contribution < -0.4 is 0 Å². The van der Waals surface area contributed by atoms with Crippen LogP contribution in [0.4, 0.5) is 4.79 Å². The summed E-state index contributed by atoms with van der Waals surface area (Å²) in [4.78, 5) is 13.6. The number of piperidine rings is 1. The quantitative estimate of drug-likeness (QED) is 0.722. The summed E-state index contributed by atoms with van der Waals surface area (Å²) in [5, 5.41) is 0. The third-order valence-corrected chi connectivity index (χ3v) is 3.90. The Morgan fingerprint density at radius 2 is 2.12 bits per heavy atom. The van der Waals surface area contributed by atoms with Gasteiger partial charge in [0.1, 0.15) is 5.76 Å². The van der Waals surface area contributed by atoms with Crippen molar-refractivity contribution >= 4 is 17.9 Å². The average molecular weight is 257 g/mol. The smallest absolute Gasteiger partial charge is 0.414 e. The molecule has 0 N–H and O–H groups in total. The van der Waals surface area contributed by atoms with Crippen molar-refractivity contribution in [3.05, 3.63) is 11.8 Å². The highest BCUT2D eigenvalue weighted by molar-refractivity contribution is 7.98. The van der Waals surface area contributed by atoms with E-state index in [1.807, 2.05) is 36.6 Å². The molecule has 3 nitrogen and oxygen atoms in total. The van der Waals surface area contributed by atoms with E-state index < -0.39 is 0 Å². The SMILES string of the molecule is C/C=C(\C)OC(=O)N1CCC(CCSC)CC1. The van der Waals surface area contributed by atoms with Gasteiger partial charge < -0.3 is 9.64 Å². The highest BCUT2D eigenvalue weighted by atomic mass is 32.2. The summed E-state index contributed by atoms with van der Waals surface area (Å²) in [6.45, 7) is 5.37. The molecule has 0 bridgehead atoms. The molecule has 0 unspecified atom stereocenters. The van der Waals surface area contributed by atoms with Gasteiger partial charge in [-0.3, -0.25) is 0 Å². The maximum absolute atomic E-state index is 11.7. The number of carbonyl (C=O) groups is 1. The van der Waals surface area contributed by atoms with Crippen molar-refractivity contribution in [1.82, 2.24) is 4.90 Å². The maximum Gasteiger partial charge on any atom is 0.414 e. The zero-order chi connectivity index (χ0) is 12.7. The lowest BCUT2D eigenvalue weighted by molar-refractivity contribution is 0.110. The van der Waals surface area contributed by atoms with Crippen LogP contribution in [0.25, 0.3) is 0 Å². The minimum atomic E-state index is -0.191. The fraction of sp³-hybridized carbons (Fsp3) is 0.769. The lowest BCUT2D eigenvalue weighted by Gasteiger charge is -2.31. The number of carbonyl (C=O) groups excluding carboxylic acids is 1. The summed E-state index contributed by atoms with van der Waals surface area (Å²) in [5.41, 5.74) is 0. The van der Waals surface area contributed by atoms with E-state index in [2.05, 4.69) is 6.26 Å². The van der Waals surface area contributed by atoms with Crippen molar-refractivity contribution in [2.24, 2.45) is 5.92 Å². The topological polar surface area (TPSA) is 29.5 Å². The first-order valence-electron chi connectivity index (χ1n) is 6.26. The van der Waals surface area contributed by atoms with E-state index in [0.717, 1.165) is 31.8 Å². The predicted octanol–water partition coefficient (Wildman–Crippen LogP) is 3.51. The first-order valence-corrected chi connectivity index (χ1v) is 7.65. The lowest BCUT2D eigenvalue weighted by atomic mass is 9.95. The summed E-state index contributed by atoms with van der Waals surface area (Å²) in [6, 6.07) is 0. The third kappa shape index (κ3) is 5.02. The van der Waals surface area contributed by atoms with Crippen LogP contribution in [0.3, 0.4) is 0 Å². The van der Waals surface area contributed by atoms with Crippen LogP contribution >= 0.6 is 11.8 Å². The molecule has 0 radical (unpaired) electrons. The van der Waals surface area contributed by atoms with Crippen LogP contribution in [0, 0.1) is 5.92 Å². The highest BCUT2D eigenvalue weighted by Gasteiger charge is 2.23. The van der Waals surface area contributed by atoms with Gasteiger partial charge >= 0.3 is 6.09 Å². The predicted molar refractivity (Wildman–Crippen MR) is 73.2 cm³/mol. The Labute approximate surface area is 109 Å². The van der Waals surface area contributed by atoms with Gasteiger partial charge in [-0.25, -0.2) is 4.79 Å². The molecule has 4 heteroatoms. The summed E-state index contributed by atoms with van der Waals surface area (Å²) >= 11 is 1.90. The average Bonchev–Trinajstić information content (AvgIpc) is 2.36. The molecule has 0 saturated carbocycles. The number of hydrogen-bond donors (Lipinski definition) is 0. The summed E-state index contributed by atoms with van der Waals surface area (Å²) < 4.78 is 5.20. The van der Waals surface area contributed by atoms with Gasteiger partial charge in [-0.1, -0.05) is 0 Å². The van der Waals surface area contributed by atoms with E-state index in [-0.39, 0.29) is 6.09 Å². The molecule has 1 heterocycles. The van der Waals surface area contributed by atoms with Crippen molar-refractivity contribution in [2.75, 3.05) is 25.1 Å². The largest absolute Gasteiger partial charge is 0.415 e. The van der Waals surface area contributed by atoms with Crippen LogP contribution in [0.1, 0.15) is 33.1 Å². The van der Waals surface area contributed by atoms with Crippen molar-refractivity contribution in [3.8, 4) is 0 Å². The molecule has 0 spiro atoms. The molecule has 1 rings (SSSR count). The fourth-order valence-corrected chi connectivity index (χ4v) is 2.52. The third-order valence-electron chi connectivity index (χ3n) is 3.26. The van der Waals surface area contributed by atoms with E-state index in [9.17, 15) is 4.79 Å². The fourth-order valence-electron chi connectivity index (χ4n) is 1.95. The number of thioether (sulfide) groups is 1. The van der Waals surface area contributed by atoms with Gasteiger partial charge in [0.15, 0.2) is 0 Å². The van der Waals surface area contributed by atoms with E-state index in [1.165, 1.54) is 12.2 Å². The number of allylic oxidation sites excluding steroid dienone is 2. The summed E-state index contributed by atoms with van der Waals surface area (Å²) in [7, 11) is 0. The second-order valence-corrected chi connectivity index (χ2v) is 5.46. The Hall–Kier alpha value is -0.640. The van der Waals surface area contributed by atoms with Crippen LogP contribution in [0.15, 0.2) is 11.8 Å². The van der Waals surface area contributed by atoms with Crippen molar-refractivity contribution < 1.29 is 9.53 Å². The van der Waals surface area contributed by atoms with E-state index in [4.69, 9.17) is 4.74 Å². The van der Waals surface area contributed by atoms with Gasteiger partial charge in [0, 0.05) is 13.1 Å². The van der Waals surface area contributed by atoms with Gasteiger partial charge in [0.25, 0.3) is 0 Å². The van der Waals surface area contributed by atoms with Gasteiger partial charge in [0.05, 0.1) is 0 Å².